The van der Waals surface area contributed by atoms with Crippen LogP contribution in [0, 0.1) is 0 Å². The number of ether oxygens (including phenoxy) is 3. The minimum Gasteiger partial charge on any atom is -0.493 e. The molecule has 7 nitrogen and oxygen atoms in total. The van der Waals surface area contributed by atoms with Crippen molar-refractivity contribution in [2.45, 2.75) is 6.10 Å². The van der Waals surface area contributed by atoms with Crippen molar-refractivity contribution in [2.24, 2.45) is 0 Å². The van der Waals surface area contributed by atoms with Gasteiger partial charge in [-0.25, -0.2) is 0 Å². The fraction of sp³-hybridized carbons (Fsp3) is 0.350. The zero-order valence-electron chi connectivity index (χ0n) is 16.3. The van der Waals surface area contributed by atoms with Gasteiger partial charge in [-0.15, -0.1) is 0 Å². The van der Waals surface area contributed by atoms with Crippen LogP contribution in [0.2, 0.25) is 0 Å². The Morgan fingerprint density at radius 2 is 1.63 bits per heavy atom. The number of nitrogens with one attached hydrogen (secondary N) is 1. The lowest BCUT2D eigenvalue weighted by Crippen LogP contribution is -2.28. The van der Waals surface area contributed by atoms with E-state index in [1.54, 1.807) is 12.1 Å². The predicted molar refractivity (Wildman–Crippen MR) is 104 cm³/mol. The minimum atomic E-state index is -0.823. The fourth-order valence-electron chi connectivity index (χ4n) is 2.68. The molecule has 0 aromatic heterocycles. The molecular weight excluding hydrogens is 348 g/mol. The lowest BCUT2D eigenvalue weighted by atomic mass is 10.1. The number of aliphatic hydroxyl groups is 1. The standard InChI is InChI=1S/C20H26N2O5/c1-22(2)14-8-6-13(7-9-14)16(23)12-21-20(24)15-10-11-17(25-3)19(27-5)18(15)26-4/h6-11,16,23H,12H2,1-5H3,(H,21,24). The minimum absolute atomic E-state index is 0.0671. The second kappa shape index (κ2) is 9.14. The van der Waals surface area contributed by atoms with Crippen LogP contribution in [0.5, 0.6) is 17.2 Å². The molecule has 0 radical (unpaired) electrons. The van der Waals surface area contributed by atoms with Gasteiger partial charge < -0.3 is 29.5 Å². The van der Waals surface area contributed by atoms with Crippen LogP contribution in [0.1, 0.15) is 22.0 Å². The number of methoxy groups -OCH3 is 3. The average molecular weight is 374 g/mol. The molecule has 0 aliphatic rings. The van der Waals surface area contributed by atoms with Crippen molar-refractivity contribution in [3.8, 4) is 17.2 Å². The first-order valence-corrected chi connectivity index (χ1v) is 8.45. The highest BCUT2D eigenvalue weighted by Crippen LogP contribution is 2.39. The lowest BCUT2D eigenvalue weighted by Gasteiger charge is -2.17. The van der Waals surface area contributed by atoms with Crippen LogP contribution in [-0.4, -0.2) is 53.0 Å². The molecule has 2 aromatic carbocycles. The van der Waals surface area contributed by atoms with E-state index >= 15 is 0 Å². The molecule has 0 saturated heterocycles. The number of nitrogens with zero attached hydrogens (tertiary/aromatic N) is 1. The summed E-state index contributed by atoms with van der Waals surface area (Å²) >= 11 is 0. The first-order chi connectivity index (χ1) is 12.9. The normalized spacial score (nSPS) is 11.5. The molecule has 2 rings (SSSR count). The molecule has 0 saturated carbocycles. The van der Waals surface area contributed by atoms with E-state index in [2.05, 4.69) is 5.32 Å². The third-order valence-electron chi connectivity index (χ3n) is 4.20. The van der Waals surface area contributed by atoms with Crippen LogP contribution in [-0.2, 0) is 0 Å². The van der Waals surface area contributed by atoms with Gasteiger partial charge in [0.15, 0.2) is 11.5 Å². The quantitative estimate of drug-likeness (QED) is 0.738. The van der Waals surface area contributed by atoms with E-state index in [1.807, 2.05) is 43.3 Å². The Hall–Kier alpha value is -2.93. The van der Waals surface area contributed by atoms with Crippen LogP contribution >= 0.6 is 0 Å². The van der Waals surface area contributed by atoms with E-state index in [-0.39, 0.29) is 18.2 Å². The monoisotopic (exact) mass is 374 g/mol. The summed E-state index contributed by atoms with van der Waals surface area (Å²) in [6.07, 6.45) is -0.823. The van der Waals surface area contributed by atoms with E-state index in [0.717, 1.165) is 11.3 Å². The lowest BCUT2D eigenvalue weighted by molar-refractivity contribution is 0.0912. The molecule has 27 heavy (non-hydrogen) atoms. The van der Waals surface area contributed by atoms with E-state index in [4.69, 9.17) is 14.2 Å². The summed E-state index contributed by atoms with van der Waals surface area (Å²) in [5, 5.41) is 13.1. The first kappa shape index (κ1) is 20.4. The van der Waals surface area contributed by atoms with Crippen LogP contribution < -0.4 is 24.4 Å². The topological polar surface area (TPSA) is 80.3 Å². The number of rotatable bonds is 8. The maximum atomic E-state index is 12.6. The van der Waals surface area contributed by atoms with Crippen molar-refractivity contribution in [3.05, 3.63) is 47.5 Å². The molecule has 0 heterocycles. The van der Waals surface area contributed by atoms with Crippen LogP contribution in [0.3, 0.4) is 0 Å². The Labute approximate surface area is 159 Å². The summed E-state index contributed by atoms with van der Waals surface area (Å²) in [5.41, 5.74) is 2.05. The summed E-state index contributed by atoms with van der Waals surface area (Å²) in [4.78, 5) is 14.5. The number of hydrogen-bond acceptors (Lipinski definition) is 6. The van der Waals surface area contributed by atoms with Crippen molar-refractivity contribution in [1.82, 2.24) is 5.32 Å². The molecule has 1 amide bonds. The number of amides is 1. The summed E-state index contributed by atoms with van der Waals surface area (Å²) < 4.78 is 15.8. The van der Waals surface area contributed by atoms with Gasteiger partial charge in [0.1, 0.15) is 0 Å². The Kier molecular flexibility index (Phi) is 6.90. The predicted octanol–water partition coefficient (Wildman–Crippen LogP) is 2.24. The third kappa shape index (κ3) is 4.62. The molecule has 146 valence electrons. The second-order valence-electron chi connectivity index (χ2n) is 6.09. The molecule has 1 unspecified atom stereocenters. The Bertz CT molecular complexity index is 775. The van der Waals surface area contributed by atoms with Gasteiger partial charge >= 0.3 is 0 Å². The maximum Gasteiger partial charge on any atom is 0.255 e. The van der Waals surface area contributed by atoms with Crippen LogP contribution in [0.15, 0.2) is 36.4 Å². The molecule has 0 spiro atoms. The van der Waals surface area contributed by atoms with Gasteiger partial charge in [0.2, 0.25) is 5.75 Å². The van der Waals surface area contributed by atoms with Crippen LogP contribution in [0.4, 0.5) is 5.69 Å². The van der Waals surface area contributed by atoms with Crippen molar-refractivity contribution < 1.29 is 24.1 Å². The smallest absolute Gasteiger partial charge is 0.255 e. The molecule has 2 N–H and O–H groups in total. The molecule has 2 aromatic rings. The molecule has 0 aliphatic heterocycles. The van der Waals surface area contributed by atoms with Crippen molar-refractivity contribution >= 4 is 11.6 Å². The number of aliphatic hydroxyl groups excluding tert-OH is 1. The molecule has 0 aliphatic carbocycles. The van der Waals surface area contributed by atoms with Crippen LogP contribution in [0.25, 0.3) is 0 Å². The van der Waals surface area contributed by atoms with Gasteiger partial charge in [0.25, 0.3) is 5.91 Å². The van der Waals surface area contributed by atoms with Gasteiger partial charge in [-0.1, -0.05) is 12.1 Å². The van der Waals surface area contributed by atoms with Gasteiger partial charge in [-0.2, -0.15) is 0 Å². The van der Waals surface area contributed by atoms with Crippen molar-refractivity contribution in [2.75, 3.05) is 46.9 Å². The second-order valence-corrected chi connectivity index (χ2v) is 6.09. The van der Waals surface area contributed by atoms with Gasteiger partial charge in [0, 0.05) is 26.3 Å². The van der Waals surface area contributed by atoms with Crippen molar-refractivity contribution in [1.29, 1.82) is 0 Å². The maximum absolute atomic E-state index is 12.6. The van der Waals surface area contributed by atoms with E-state index in [1.165, 1.54) is 21.3 Å². The SMILES string of the molecule is COc1ccc(C(=O)NCC(O)c2ccc(N(C)C)cc2)c(OC)c1OC. The zero-order chi connectivity index (χ0) is 20.0. The zero-order valence-corrected chi connectivity index (χ0v) is 16.3. The third-order valence-corrected chi connectivity index (χ3v) is 4.20. The number of hydrogen-bond donors (Lipinski definition) is 2. The summed E-state index contributed by atoms with van der Waals surface area (Å²) in [6, 6.07) is 10.7. The summed E-state index contributed by atoms with van der Waals surface area (Å²) in [7, 11) is 8.33. The highest BCUT2D eigenvalue weighted by molar-refractivity contribution is 5.98. The van der Waals surface area contributed by atoms with Gasteiger partial charge in [-0.3, -0.25) is 4.79 Å². The van der Waals surface area contributed by atoms with Gasteiger partial charge in [-0.05, 0) is 29.8 Å². The molecule has 0 fully saturated rings. The Balaban J connectivity index is 2.11. The Morgan fingerprint density at radius 3 is 2.15 bits per heavy atom. The average Bonchev–Trinajstić information content (AvgIpc) is 2.70. The van der Waals surface area contributed by atoms with E-state index in [0.29, 0.717) is 17.1 Å². The number of carbonyl (C=O) groups excluding carboxylic acids is 1. The van der Waals surface area contributed by atoms with E-state index in [9.17, 15) is 9.90 Å². The first-order valence-electron chi connectivity index (χ1n) is 8.45. The number of anilines is 1. The molecule has 1 atom stereocenters. The summed E-state index contributed by atoms with van der Waals surface area (Å²) in [6.45, 7) is 0.0671. The number of benzene rings is 2. The number of carbonyl (C=O) groups is 1. The molecule has 7 heteroatoms. The largest absolute Gasteiger partial charge is 0.493 e. The molecular formula is C20H26N2O5. The van der Waals surface area contributed by atoms with E-state index < -0.39 is 6.10 Å². The fourth-order valence-corrected chi connectivity index (χ4v) is 2.68. The Morgan fingerprint density at radius 1 is 1.00 bits per heavy atom. The highest BCUT2D eigenvalue weighted by atomic mass is 16.5. The van der Waals surface area contributed by atoms with Gasteiger partial charge in [0.05, 0.1) is 33.0 Å². The van der Waals surface area contributed by atoms with Crippen molar-refractivity contribution in [3.63, 3.8) is 0 Å². The summed E-state index contributed by atoms with van der Waals surface area (Å²) in [5.74, 6) is 0.704. The molecule has 0 bridgehead atoms. The highest BCUT2D eigenvalue weighted by Gasteiger charge is 2.21.